The highest BCUT2D eigenvalue weighted by molar-refractivity contribution is 7.99. The van der Waals surface area contributed by atoms with E-state index < -0.39 is 11.9 Å². The smallest absolute Gasteiger partial charge is 0.338 e. The molecule has 0 unspecified atom stereocenters. The second-order valence-electron chi connectivity index (χ2n) is 6.73. The Balaban J connectivity index is 1.70. The normalized spacial score (nSPS) is 10.6. The summed E-state index contributed by atoms with van der Waals surface area (Å²) in [5.74, 6) is -0.714. The lowest BCUT2D eigenvalue weighted by atomic mass is 10.1. The third kappa shape index (κ3) is 6.48. The van der Waals surface area contributed by atoms with Gasteiger partial charge < -0.3 is 24.5 Å². The van der Waals surface area contributed by atoms with E-state index in [1.54, 1.807) is 13.8 Å². The van der Waals surface area contributed by atoms with E-state index in [2.05, 4.69) is 15.3 Å². The minimum Gasteiger partial charge on any atom is -0.494 e. The van der Waals surface area contributed by atoms with Crippen LogP contribution in [0.5, 0.6) is 5.75 Å². The maximum absolute atomic E-state index is 12.5. The molecular weight excluding hydrogens is 446 g/mol. The van der Waals surface area contributed by atoms with E-state index in [1.807, 2.05) is 25.1 Å². The number of hydrogen-bond donors (Lipinski definition) is 2. The first kappa shape index (κ1) is 24.1. The largest absolute Gasteiger partial charge is 0.494 e. The van der Waals surface area contributed by atoms with E-state index in [4.69, 9.17) is 14.2 Å². The number of rotatable bonds is 10. The summed E-state index contributed by atoms with van der Waals surface area (Å²) in [5, 5.41) is 3.29. The predicted molar refractivity (Wildman–Crippen MR) is 125 cm³/mol. The minimum absolute atomic E-state index is 0.0660. The fraction of sp³-hybridized carbons (Fsp3) is 0.304. The molecule has 0 atom stereocenters. The molecule has 0 aliphatic heterocycles. The molecule has 1 heterocycles. The second-order valence-corrected chi connectivity index (χ2v) is 7.69. The van der Waals surface area contributed by atoms with Crippen LogP contribution in [0.2, 0.25) is 0 Å². The molecule has 0 saturated carbocycles. The van der Waals surface area contributed by atoms with Crippen molar-refractivity contribution in [3.05, 3.63) is 47.5 Å². The van der Waals surface area contributed by atoms with Crippen LogP contribution in [0.4, 0.5) is 5.69 Å². The number of imidazole rings is 1. The minimum atomic E-state index is -0.595. The molecule has 3 aromatic rings. The van der Waals surface area contributed by atoms with Crippen molar-refractivity contribution < 1.29 is 28.6 Å². The summed E-state index contributed by atoms with van der Waals surface area (Å²) in [5.41, 5.74) is 2.16. The van der Waals surface area contributed by atoms with Crippen molar-refractivity contribution in [3.63, 3.8) is 0 Å². The van der Waals surface area contributed by atoms with Gasteiger partial charge >= 0.3 is 11.9 Å². The summed E-state index contributed by atoms with van der Waals surface area (Å²) in [6.45, 7) is 6.21. The van der Waals surface area contributed by atoms with E-state index in [1.165, 1.54) is 30.0 Å². The van der Waals surface area contributed by atoms with Crippen molar-refractivity contribution in [2.75, 3.05) is 30.9 Å². The highest BCUT2D eigenvalue weighted by Crippen LogP contribution is 2.24. The molecule has 2 N–H and O–H groups in total. The van der Waals surface area contributed by atoms with E-state index in [0.717, 1.165) is 16.8 Å². The number of carbonyl (C=O) groups excluding carboxylic acids is 3. The number of benzene rings is 2. The number of thioether (sulfide) groups is 1. The van der Waals surface area contributed by atoms with Crippen LogP contribution in [-0.2, 0) is 14.3 Å². The van der Waals surface area contributed by atoms with Gasteiger partial charge in [-0.1, -0.05) is 11.8 Å². The fourth-order valence-electron chi connectivity index (χ4n) is 2.99. The van der Waals surface area contributed by atoms with Crippen molar-refractivity contribution in [2.45, 2.75) is 25.9 Å². The Labute approximate surface area is 195 Å². The first-order valence-electron chi connectivity index (χ1n) is 10.5. The van der Waals surface area contributed by atoms with Gasteiger partial charge in [0.1, 0.15) is 5.75 Å². The van der Waals surface area contributed by atoms with E-state index in [9.17, 15) is 14.4 Å². The molecule has 1 amide bonds. The average Bonchev–Trinajstić information content (AvgIpc) is 3.20. The molecule has 0 fully saturated rings. The van der Waals surface area contributed by atoms with Crippen molar-refractivity contribution in [1.29, 1.82) is 0 Å². The van der Waals surface area contributed by atoms with E-state index in [0.29, 0.717) is 17.5 Å². The number of nitrogens with one attached hydrogen (secondary N) is 2. The molecule has 0 aliphatic carbocycles. The zero-order valence-corrected chi connectivity index (χ0v) is 19.4. The molecule has 33 heavy (non-hydrogen) atoms. The zero-order chi connectivity index (χ0) is 23.8. The summed E-state index contributed by atoms with van der Waals surface area (Å²) < 4.78 is 15.5. The molecule has 0 spiro atoms. The van der Waals surface area contributed by atoms with Crippen molar-refractivity contribution in [2.24, 2.45) is 0 Å². The number of esters is 2. The van der Waals surface area contributed by atoms with Crippen LogP contribution < -0.4 is 10.1 Å². The van der Waals surface area contributed by atoms with Gasteiger partial charge in [-0.05, 0) is 51.1 Å². The molecule has 0 radical (unpaired) electrons. The van der Waals surface area contributed by atoms with Crippen LogP contribution in [0.15, 0.2) is 41.6 Å². The molecule has 3 rings (SSSR count). The Morgan fingerprint density at radius 2 is 1.61 bits per heavy atom. The Morgan fingerprint density at radius 1 is 0.939 bits per heavy atom. The monoisotopic (exact) mass is 471 g/mol. The summed E-state index contributed by atoms with van der Waals surface area (Å²) in [6, 6.07) is 9.84. The number of hydrogen-bond acceptors (Lipinski definition) is 8. The predicted octanol–water partition coefficient (Wildman–Crippen LogP) is 4.05. The molecule has 0 bridgehead atoms. The Bertz CT molecular complexity index is 1120. The summed E-state index contributed by atoms with van der Waals surface area (Å²) in [4.78, 5) is 44.5. The van der Waals surface area contributed by atoms with Crippen LogP contribution in [0.1, 0.15) is 41.5 Å². The topological polar surface area (TPSA) is 120 Å². The number of nitrogens with zero attached hydrogens (tertiary/aromatic N) is 1. The van der Waals surface area contributed by atoms with Crippen molar-refractivity contribution >= 4 is 46.3 Å². The first-order valence-corrected chi connectivity index (χ1v) is 11.5. The number of aromatic amines is 1. The molecule has 174 valence electrons. The number of amides is 1. The van der Waals surface area contributed by atoms with Gasteiger partial charge in [0, 0.05) is 11.8 Å². The van der Waals surface area contributed by atoms with Gasteiger partial charge in [-0.25, -0.2) is 14.6 Å². The average molecular weight is 472 g/mol. The van der Waals surface area contributed by atoms with Crippen LogP contribution in [0, 0.1) is 0 Å². The molecule has 2 aromatic carbocycles. The van der Waals surface area contributed by atoms with E-state index in [-0.39, 0.29) is 36.0 Å². The lowest BCUT2D eigenvalue weighted by molar-refractivity contribution is -0.113. The van der Waals surface area contributed by atoms with Gasteiger partial charge in [0.25, 0.3) is 0 Å². The van der Waals surface area contributed by atoms with Crippen LogP contribution in [-0.4, -0.2) is 53.4 Å². The van der Waals surface area contributed by atoms with Gasteiger partial charge in [0.15, 0.2) is 5.16 Å². The van der Waals surface area contributed by atoms with Gasteiger partial charge in [0.2, 0.25) is 5.91 Å². The summed E-state index contributed by atoms with van der Waals surface area (Å²) >= 11 is 1.23. The number of anilines is 1. The number of carbonyl (C=O) groups is 3. The molecule has 0 aliphatic rings. The maximum Gasteiger partial charge on any atom is 0.338 e. The zero-order valence-electron chi connectivity index (χ0n) is 18.6. The maximum atomic E-state index is 12.5. The van der Waals surface area contributed by atoms with Gasteiger partial charge in [0.05, 0.1) is 47.7 Å². The molecule has 1 aromatic heterocycles. The standard InChI is InChI=1S/C23H25N3O6S/c1-4-30-17-7-8-18-19(12-17)26-23(25-18)33-13-20(27)24-16-10-14(21(28)31-5-2)9-15(11-16)22(29)32-6-3/h7-12H,4-6,13H2,1-3H3,(H,24,27)(H,25,26). The Hall–Kier alpha value is -3.53. The number of ether oxygens (including phenoxy) is 3. The van der Waals surface area contributed by atoms with Gasteiger partial charge in [-0.3, -0.25) is 4.79 Å². The lowest BCUT2D eigenvalue weighted by Gasteiger charge is -2.10. The Kier molecular flexibility index (Phi) is 8.31. The highest BCUT2D eigenvalue weighted by Gasteiger charge is 2.16. The second kappa shape index (κ2) is 11.4. The van der Waals surface area contributed by atoms with Crippen molar-refractivity contribution in [1.82, 2.24) is 9.97 Å². The number of H-pyrrole nitrogens is 1. The van der Waals surface area contributed by atoms with Crippen LogP contribution in [0.3, 0.4) is 0 Å². The third-order valence-corrected chi connectivity index (χ3v) is 5.19. The SMILES string of the molecule is CCOC(=O)c1cc(NC(=O)CSc2nc3ccc(OCC)cc3[nH]2)cc(C(=O)OCC)c1. The fourth-order valence-corrected chi connectivity index (χ4v) is 3.67. The Morgan fingerprint density at radius 3 is 2.21 bits per heavy atom. The third-order valence-electron chi connectivity index (χ3n) is 4.32. The highest BCUT2D eigenvalue weighted by atomic mass is 32.2. The van der Waals surface area contributed by atoms with Crippen LogP contribution >= 0.6 is 11.8 Å². The number of fused-ring (bicyclic) bond motifs is 1. The van der Waals surface area contributed by atoms with E-state index >= 15 is 0 Å². The lowest BCUT2D eigenvalue weighted by Crippen LogP contribution is -2.16. The quantitative estimate of drug-likeness (QED) is 0.336. The summed E-state index contributed by atoms with van der Waals surface area (Å²) in [6.07, 6.45) is 0. The molecule has 0 saturated heterocycles. The first-order chi connectivity index (χ1) is 15.9. The van der Waals surface area contributed by atoms with Gasteiger partial charge in [-0.15, -0.1) is 0 Å². The molecular formula is C23H25N3O6S. The molecule has 9 nitrogen and oxygen atoms in total. The van der Waals surface area contributed by atoms with Crippen molar-refractivity contribution in [3.8, 4) is 5.75 Å². The van der Waals surface area contributed by atoms with Gasteiger partial charge in [-0.2, -0.15) is 0 Å². The molecule has 10 heteroatoms. The number of aromatic nitrogens is 2. The summed E-state index contributed by atoms with van der Waals surface area (Å²) in [7, 11) is 0. The van der Waals surface area contributed by atoms with Crippen LogP contribution in [0.25, 0.3) is 11.0 Å².